The molecule has 0 amide bonds. The van der Waals surface area contributed by atoms with Crippen LogP contribution in [0.25, 0.3) is 0 Å². The molecule has 0 unspecified atom stereocenters. The van der Waals surface area contributed by atoms with Gasteiger partial charge in [-0.15, -0.1) is 0 Å². The van der Waals surface area contributed by atoms with Crippen molar-refractivity contribution < 1.29 is 29.0 Å². The predicted octanol–water partition coefficient (Wildman–Crippen LogP) is 3.78. The number of esters is 2. The summed E-state index contributed by atoms with van der Waals surface area (Å²) in [5.74, 6) is -4.82. The minimum atomic E-state index is -1.66. The summed E-state index contributed by atoms with van der Waals surface area (Å²) in [7, 11) is 0. The van der Waals surface area contributed by atoms with E-state index >= 15 is 0 Å². The lowest BCUT2D eigenvalue weighted by Gasteiger charge is -2.43. The maximum atomic E-state index is 13.0. The molecule has 30 heavy (non-hydrogen) atoms. The molecule has 1 aliphatic carbocycles. The zero-order chi connectivity index (χ0) is 22.6. The highest BCUT2D eigenvalue weighted by Crippen LogP contribution is 2.47. The number of ether oxygens (including phenoxy) is 2. The number of aliphatic hydroxyl groups is 1. The monoisotopic (exact) mass is 438 g/mol. The molecule has 1 N–H and O–H groups in total. The number of hydrogen-bond donors (Lipinski definition) is 1. The fourth-order valence-electron chi connectivity index (χ4n) is 3.78. The Morgan fingerprint density at radius 2 is 1.57 bits per heavy atom. The number of halogens is 1. The molecule has 1 saturated carbocycles. The van der Waals surface area contributed by atoms with E-state index in [0.29, 0.717) is 10.6 Å². The minimum absolute atomic E-state index is 0.0940. The fourth-order valence-corrected chi connectivity index (χ4v) is 3.90. The van der Waals surface area contributed by atoms with Gasteiger partial charge in [0.05, 0.1) is 24.7 Å². The van der Waals surface area contributed by atoms with Crippen LogP contribution >= 0.6 is 11.6 Å². The molecule has 0 radical (unpaired) electrons. The van der Waals surface area contributed by atoms with Gasteiger partial charge in [0.2, 0.25) is 0 Å². The van der Waals surface area contributed by atoms with Gasteiger partial charge in [-0.2, -0.15) is 0 Å². The molecular formula is C23H31ClO6. The highest BCUT2D eigenvalue weighted by molar-refractivity contribution is 6.30. The molecular weight excluding hydrogens is 408 g/mol. The smallest absolute Gasteiger partial charge is 0.317 e. The van der Waals surface area contributed by atoms with E-state index in [2.05, 4.69) is 0 Å². The van der Waals surface area contributed by atoms with Crippen LogP contribution < -0.4 is 0 Å². The predicted molar refractivity (Wildman–Crippen MR) is 113 cm³/mol. The standard InChI is InChI=1S/C23H31ClO6/c1-13(2)11-29-21(26)19-17(25)10-23(5,28)20(22(27)30-12-14(3)4)18(19)15-6-8-16(24)9-7-15/h6-9,13-14,18-20,28H,10-12H2,1-5H3/t18-,19-,20+,23-/m0/s1. The number of Topliss-reactive ketones (excluding diaryl/α,β-unsaturated/α-hetero) is 1. The lowest BCUT2D eigenvalue weighted by molar-refractivity contribution is -0.173. The Kier molecular flexibility index (Phi) is 8.06. The molecule has 0 heterocycles. The topological polar surface area (TPSA) is 89.9 Å². The Labute approximate surface area is 182 Å². The van der Waals surface area contributed by atoms with E-state index in [9.17, 15) is 19.5 Å². The number of carbonyl (C=O) groups excluding carboxylic acids is 3. The second-order valence-electron chi connectivity index (χ2n) is 9.08. The molecule has 0 aromatic heterocycles. The zero-order valence-electron chi connectivity index (χ0n) is 18.2. The van der Waals surface area contributed by atoms with Gasteiger partial charge in [-0.1, -0.05) is 51.4 Å². The molecule has 7 heteroatoms. The summed E-state index contributed by atoms with van der Waals surface area (Å²) in [5.41, 5.74) is -1.12. The summed E-state index contributed by atoms with van der Waals surface area (Å²) in [5, 5.41) is 11.5. The van der Waals surface area contributed by atoms with E-state index < -0.39 is 41.1 Å². The zero-order valence-corrected chi connectivity index (χ0v) is 18.9. The van der Waals surface area contributed by atoms with E-state index in [1.54, 1.807) is 24.3 Å². The molecule has 0 spiro atoms. The maximum Gasteiger partial charge on any atom is 0.317 e. The molecule has 0 bridgehead atoms. The summed E-state index contributed by atoms with van der Waals surface area (Å²) < 4.78 is 10.8. The van der Waals surface area contributed by atoms with Crippen molar-refractivity contribution in [2.75, 3.05) is 13.2 Å². The molecule has 0 aliphatic heterocycles. The average Bonchev–Trinajstić information content (AvgIpc) is 2.63. The molecule has 1 aromatic rings. The fraction of sp³-hybridized carbons (Fsp3) is 0.609. The van der Waals surface area contributed by atoms with E-state index in [4.69, 9.17) is 21.1 Å². The lowest BCUT2D eigenvalue weighted by atomic mass is 9.61. The lowest BCUT2D eigenvalue weighted by Crippen LogP contribution is -2.55. The van der Waals surface area contributed by atoms with Gasteiger partial charge in [0.1, 0.15) is 5.92 Å². The normalized spacial score (nSPS) is 26.7. The van der Waals surface area contributed by atoms with Gasteiger partial charge >= 0.3 is 11.9 Å². The van der Waals surface area contributed by atoms with Crippen LogP contribution in [0.4, 0.5) is 0 Å². The summed E-state index contributed by atoms with van der Waals surface area (Å²) in [6.45, 7) is 9.36. The van der Waals surface area contributed by atoms with Gasteiger partial charge in [-0.05, 0) is 36.5 Å². The number of ketones is 1. The molecule has 2 rings (SSSR count). The first kappa shape index (κ1) is 24.4. The van der Waals surface area contributed by atoms with Gasteiger partial charge in [0.15, 0.2) is 5.78 Å². The van der Waals surface area contributed by atoms with Crippen molar-refractivity contribution in [1.82, 2.24) is 0 Å². The van der Waals surface area contributed by atoms with Gasteiger partial charge in [0, 0.05) is 17.4 Å². The second-order valence-corrected chi connectivity index (χ2v) is 9.52. The molecule has 1 fully saturated rings. The third kappa shape index (κ3) is 5.82. The number of carbonyl (C=O) groups is 3. The van der Waals surface area contributed by atoms with Crippen LogP contribution in [0.3, 0.4) is 0 Å². The van der Waals surface area contributed by atoms with Gasteiger partial charge in [0.25, 0.3) is 0 Å². The SMILES string of the molecule is CC(C)COC(=O)[C@H]1C(=O)C[C@](C)(O)[C@@H](C(=O)OCC(C)C)[C@H]1c1ccc(Cl)cc1. The van der Waals surface area contributed by atoms with E-state index in [-0.39, 0.29) is 31.5 Å². The van der Waals surface area contributed by atoms with Crippen molar-refractivity contribution in [2.45, 2.75) is 52.6 Å². The van der Waals surface area contributed by atoms with Crippen molar-refractivity contribution in [1.29, 1.82) is 0 Å². The van der Waals surface area contributed by atoms with E-state index in [0.717, 1.165) is 0 Å². The molecule has 0 saturated heterocycles. The summed E-state index contributed by atoms with van der Waals surface area (Å²) >= 11 is 6.00. The Hall–Kier alpha value is -1.92. The average molecular weight is 439 g/mol. The first-order valence-electron chi connectivity index (χ1n) is 10.3. The highest BCUT2D eigenvalue weighted by atomic mass is 35.5. The first-order valence-corrected chi connectivity index (χ1v) is 10.7. The third-order valence-corrected chi connectivity index (χ3v) is 5.40. The molecule has 1 aliphatic rings. The molecule has 6 nitrogen and oxygen atoms in total. The van der Waals surface area contributed by atoms with E-state index in [1.807, 2.05) is 27.7 Å². The highest BCUT2D eigenvalue weighted by Gasteiger charge is 2.57. The molecule has 4 atom stereocenters. The minimum Gasteiger partial charge on any atom is -0.465 e. The third-order valence-electron chi connectivity index (χ3n) is 5.15. The van der Waals surface area contributed by atoms with Crippen LogP contribution in [0.2, 0.25) is 5.02 Å². The van der Waals surface area contributed by atoms with Crippen LogP contribution in [0.15, 0.2) is 24.3 Å². The van der Waals surface area contributed by atoms with Gasteiger partial charge < -0.3 is 14.6 Å². The summed E-state index contributed by atoms with van der Waals surface area (Å²) in [6, 6.07) is 6.57. The Morgan fingerprint density at radius 1 is 1.07 bits per heavy atom. The molecule has 1 aromatic carbocycles. The van der Waals surface area contributed by atoms with Crippen molar-refractivity contribution in [3.8, 4) is 0 Å². The Balaban J connectivity index is 2.51. The molecule has 166 valence electrons. The summed E-state index contributed by atoms with van der Waals surface area (Å²) in [4.78, 5) is 38.9. The number of hydrogen-bond acceptors (Lipinski definition) is 6. The summed E-state index contributed by atoms with van der Waals surface area (Å²) in [6.07, 6.45) is -0.333. The number of rotatable bonds is 7. The van der Waals surface area contributed by atoms with Gasteiger partial charge in [-0.3, -0.25) is 14.4 Å². The van der Waals surface area contributed by atoms with Crippen molar-refractivity contribution in [3.63, 3.8) is 0 Å². The Morgan fingerprint density at radius 3 is 2.07 bits per heavy atom. The van der Waals surface area contributed by atoms with Crippen LogP contribution in [0.5, 0.6) is 0 Å². The van der Waals surface area contributed by atoms with Crippen molar-refractivity contribution in [3.05, 3.63) is 34.9 Å². The van der Waals surface area contributed by atoms with Crippen LogP contribution in [0, 0.1) is 23.7 Å². The van der Waals surface area contributed by atoms with E-state index in [1.165, 1.54) is 6.92 Å². The van der Waals surface area contributed by atoms with Crippen LogP contribution in [-0.4, -0.2) is 41.6 Å². The van der Waals surface area contributed by atoms with Crippen LogP contribution in [0.1, 0.15) is 52.5 Å². The van der Waals surface area contributed by atoms with Gasteiger partial charge in [-0.25, -0.2) is 0 Å². The van der Waals surface area contributed by atoms with Crippen molar-refractivity contribution in [2.24, 2.45) is 23.7 Å². The quantitative estimate of drug-likeness (QED) is 0.514. The first-order chi connectivity index (χ1) is 13.9. The Bertz CT molecular complexity index is 768. The van der Waals surface area contributed by atoms with Crippen LogP contribution in [-0.2, 0) is 23.9 Å². The maximum absolute atomic E-state index is 13.0. The van der Waals surface area contributed by atoms with Crippen molar-refractivity contribution >= 4 is 29.3 Å². The second kappa shape index (κ2) is 9.92. The number of benzene rings is 1. The largest absolute Gasteiger partial charge is 0.465 e.